The number of imidazole rings is 1. The maximum atomic E-state index is 14.3. The average Bonchev–Trinajstić information content (AvgIpc) is 3.29. The van der Waals surface area contributed by atoms with Crippen LogP contribution in [0.4, 0.5) is 8.78 Å². The monoisotopic (exact) mass is 403 g/mol. The van der Waals surface area contributed by atoms with Gasteiger partial charge >= 0.3 is 5.97 Å². The van der Waals surface area contributed by atoms with Gasteiger partial charge in [0.05, 0.1) is 18.6 Å². The summed E-state index contributed by atoms with van der Waals surface area (Å²) in [5, 5.41) is 0. The van der Waals surface area contributed by atoms with E-state index >= 15 is 0 Å². The Balaban J connectivity index is 1.57. The number of carbonyl (C=O) groups excluding carboxylic acids is 1. The molecule has 1 aliphatic rings. The number of nitrogens with zero attached hydrogens (tertiary/aromatic N) is 3. The van der Waals surface area contributed by atoms with Crippen molar-refractivity contribution in [2.24, 2.45) is 0 Å². The van der Waals surface area contributed by atoms with Crippen molar-refractivity contribution in [3.8, 4) is 5.75 Å². The van der Waals surface area contributed by atoms with Crippen LogP contribution in [0.25, 0.3) is 11.0 Å². The Labute approximate surface area is 165 Å². The third-order valence-corrected chi connectivity index (χ3v) is 4.70. The van der Waals surface area contributed by atoms with Gasteiger partial charge in [-0.25, -0.2) is 14.4 Å². The van der Waals surface area contributed by atoms with Crippen LogP contribution in [0.5, 0.6) is 5.75 Å². The lowest BCUT2D eigenvalue weighted by Crippen LogP contribution is -2.24. The third kappa shape index (κ3) is 3.91. The summed E-state index contributed by atoms with van der Waals surface area (Å²) in [6.45, 7) is 3.47. The number of benzene rings is 1. The number of ether oxygens (including phenoxy) is 3. The Hall–Kier alpha value is -3.07. The van der Waals surface area contributed by atoms with Crippen LogP contribution >= 0.6 is 0 Å². The number of aryl methyl sites for hydroxylation is 1. The van der Waals surface area contributed by atoms with Gasteiger partial charge in [0, 0.05) is 13.3 Å². The first-order valence-electron chi connectivity index (χ1n) is 9.11. The molecule has 0 aliphatic carbocycles. The van der Waals surface area contributed by atoms with Crippen molar-refractivity contribution in [1.29, 1.82) is 0 Å². The van der Waals surface area contributed by atoms with Crippen molar-refractivity contribution in [1.82, 2.24) is 14.5 Å². The Morgan fingerprint density at radius 3 is 2.76 bits per heavy atom. The molecule has 2 aromatic heterocycles. The van der Waals surface area contributed by atoms with Gasteiger partial charge in [-0.15, -0.1) is 0 Å². The molecule has 3 atom stereocenters. The molecule has 0 saturated carbocycles. The van der Waals surface area contributed by atoms with Crippen LogP contribution in [-0.2, 0) is 14.3 Å². The second-order valence-corrected chi connectivity index (χ2v) is 6.90. The van der Waals surface area contributed by atoms with Crippen LogP contribution in [0.15, 0.2) is 36.8 Å². The minimum atomic E-state index is -0.888. The minimum Gasteiger partial charge on any atom is -0.491 e. The van der Waals surface area contributed by atoms with E-state index in [1.807, 2.05) is 31.2 Å². The number of esters is 1. The van der Waals surface area contributed by atoms with Crippen molar-refractivity contribution >= 4 is 17.0 Å². The van der Waals surface area contributed by atoms with Crippen LogP contribution in [0, 0.1) is 18.7 Å². The predicted molar refractivity (Wildman–Crippen MR) is 98.2 cm³/mol. The minimum absolute atomic E-state index is 0.0974. The Morgan fingerprint density at radius 1 is 1.28 bits per heavy atom. The van der Waals surface area contributed by atoms with Crippen molar-refractivity contribution in [3.05, 3.63) is 54.1 Å². The maximum Gasteiger partial charge on any atom is 0.303 e. The van der Waals surface area contributed by atoms with Gasteiger partial charge in [0.25, 0.3) is 0 Å². The van der Waals surface area contributed by atoms with Gasteiger partial charge in [-0.1, -0.05) is 17.7 Å². The van der Waals surface area contributed by atoms with Crippen molar-refractivity contribution in [2.75, 3.05) is 6.61 Å². The van der Waals surface area contributed by atoms with E-state index in [-0.39, 0.29) is 17.6 Å². The number of carbonyl (C=O) groups is 1. The number of fused-ring (bicyclic) bond motifs is 1. The van der Waals surface area contributed by atoms with Crippen LogP contribution in [0.1, 0.15) is 25.1 Å². The standard InChI is InChI=1S/C20H19F2N3O4/c1-11-3-5-13(6-4-11)27-9-14-7-16(28-12(2)26)20(29-14)25-10-24-17-18(25)15(21)8-23-19(17)22/h3-6,8,10,14,16,20H,7,9H2,1-2H3/t14-,16+,20-/m0/s1. The second kappa shape index (κ2) is 7.75. The molecule has 7 nitrogen and oxygen atoms in total. The second-order valence-electron chi connectivity index (χ2n) is 6.90. The van der Waals surface area contributed by atoms with E-state index < -0.39 is 36.2 Å². The molecule has 0 bridgehead atoms. The zero-order valence-electron chi connectivity index (χ0n) is 15.8. The SMILES string of the molecule is CC(=O)O[C@@H]1C[C@@H](COc2ccc(C)cc2)O[C@@H]1n1cnc2c(F)ncc(F)c21. The van der Waals surface area contributed by atoms with Crippen LogP contribution in [0.3, 0.4) is 0 Å². The Bertz CT molecular complexity index is 1040. The molecular formula is C20H19F2N3O4. The zero-order chi connectivity index (χ0) is 20.5. The fraction of sp³-hybridized carbons (Fsp3) is 0.350. The molecule has 0 radical (unpaired) electrons. The van der Waals surface area contributed by atoms with Gasteiger partial charge in [0.1, 0.15) is 29.5 Å². The summed E-state index contributed by atoms with van der Waals surface area (Å²) in [5.74, 6) is -1.45. The smallest absolute Gasteiger partial charge is 0.303 e. The lowest BCUT2D eigenvalue weighted by molar-refractivity contribution is -0.152. The Morgan fingerprint density at radius 2 is 2.03 bits per heavy atom. The van der Waals surface area contributed by atoms with Crippen molar-refractivity contribution in [2.45, 2.75) is 38.7 Å². The van der Waals surface area contributed by atoms with Gasteiger partial charge in [0.15, 0.2) is 12.0 Å². The summed E-state index contributed by atoms with van der Waals surface area (Å²) >= 11 is 0. The molecule has 9 heteroatoms. The van der Waals surface area contributed by atoms with Gasteiger partial charge in [-0.3, -0.25) is 9.36 Å². The summed E-state index contributed by atoms with van der Waals surface area (Å²) in [6.07, 6.45) is 0.383. The molecule has 0 spiro atoms. The van der Waals surface area contributed by atoms with E-state index in [1.54, 1.807) is 0 Å². The number of rotatable bonds is 5. The molecule has 1 fully saturated rings. The number of halogens is 2. The normalized spacial score (nSPS) is 21.4. The molecule has 3 aromatic rings. The van der Waals surface area contributed by atoms with Gasteiger partial charge in [-0.2, -0.15) is 4.39 Å². The highest BCUT2D eigenvalue weighted by atomic mass is 19.1. The number of hydrogen-bond acceptors (Lipinski definition) is 6. The van der Waals surface area contributed by atoms with Gasteiger partial charge < -0.3 is 14.2 Å². The molecule has 0 unspecified atom stereocenters. The molecule has 152 valence electrons. The molecule has 0 N–H and O–H groups in total. The molecule has 1 aliphatic heterocycles. The zero-order valence-corrected chi connectivity index (χ0v) is 15.8. The molecule has 4 rings (SSSR count). The largest absolute Gasteiger partial charge is 0.491 e. The quantitative estimate of drug-likeness (QED) is 0.481. The highest BCUT2D eigenvalue weighted by Crippen LogP contribution is 2.35. The lowest BCUT2D eigenvalue weighted by atomic mass is 10.2. The number of pyridine rings is 1. The topological polar surface area (TPSA) is 75.5 Å². The van der Waals surface area contributed by atoms with Crippen molar-refractivity contribution in [3.63, 3.8) is 0 Å². The number of aromatic nitrogens is 3. The van der Waals surface area contributed by atoms with Crippen LogP contribution in [0.2, 0.25) is 0 Å². The molecule has 1 saturated heterocycles. The lowest BCUT2D eigenvalue weighted by Gasteiger charge is -2.20. The molecule has 3 heterocycles. The highest BCUT2D eigenvalue weighted by molar-refractivity contribution is 5.75. The fourth-order valence-corrected chi connectivity index (χ4v) is 3.39. The first kappa shape index (κ1) is 19.3. The summed E-state index contributed by atoms with van der Waals surface area (Å²) in [7, 11) is 0. The van der Waals surface area contributed by atoms with E-state index in [4.69, 9.17) is 14.2 Å². The summed E-state index contributed by atoms with van der Waals surface area (Å²) < 4.78 is 46.6. The van der Waals surface area contributed by atoms with E-state index in [1.165, 1.54) is 17.8 Å². The highest BCUT2D eigenvalue weighted by Gasteiger charge is 2.40. The van der Waals surface area contributed by atoms with E-state index in [2.05, 4.69) is 9.97 Å². The maximum absolute atomic E-state index is 14.3. The molecule has 29 heavy (non-hydrogen) atoms. The van der Waals surface area contributed by atoms with E-state index in [0.717, 1.165) is 11.8 Å². The Kier molecular flexibility index (Phi) is 5.14. The molecular weight excluding hydrogens is 384 g/mol. The predicted octanol–water partition coefficient (Wildman–Crippen LogP) is 3.32. The average molecular weight is 403 g/mol. The van der Waals surface area contributed by atoms with Crippen molar-refractivity contribution < 1.29 is 27.8 Å². The summed E-state index contributed by atoms with van der Waals surface area (Å²) in [4.78, 5) is 18.8. The first-order chi connectivity index (χ1) is 13.9. The van der Waals surface area contributed by atoms with E-state index in [0.29, 0.717) is 12.2 Å². The van der Waals surface area contributed by atoms with Gasteiger partial charge in [0.2, 0.25) is 5.95 Å². The molecule has 0 amide bonds. The van der Waals surface area contributed by atoms with Crippen LogP contribution in [-0.4, -0.2) is 39.3 Å². The molecule has 1 aromatic carbocycles. The first-order valence-corrected chi connectivity index (χ1v) is 9.11. The fourth-order valence-electron chi connectivity index (χ4n) is 3.39. The number of hydrogen-bond donors (Lipinski definition) is 0. The summed E-state index contributed by atoms with van der Waals surface area (Å²) in [5.41, 5.74) is 0.800. The third-order valence-electron chi connectivity index (χ3n) is 4.70. The summed E-state index contributed by atoms with van der Waals surface area (Å²) in [6, 6.07) is 7.55. The van der Waals surface area contributed by atoms with Gasteiger partial charge in [-0.05, 0) is 19.1 Å². The van der Waals surface area contributed by atoms with Crippen LogP contribution < -0.4 is 4.74 Å². The van der Waals surface area contributed by atoms with E-state index in [9.17, 15) is 13.6 Å².